The predicted octanol–water partition coefficient (Wildman–Crippen LogP) is 4.78. The Morgan fingerprint density at radius 3 is 1.48 bits per heavy atom. The van der Waals surface area contributed by atoms with Crippen LogP contribution in [0.2, 0.25) is 10.0 Å². The Kier molecular flexibility index (Phi) is 10.1. The summed E-state index contributed by atoms with van der Waals surface area (Å²) in [4.78, 5) is 9.77. The third-order valence-corrected chi connectivity index (χ3v) is 11.1. The summed E-state index contributed by atoms with van der Waals surface area (Å²) in [5.74, 6) is 0. The highest BCUT2D eigenvalue weighted by Crippen LogP contribution is 2.37. The molecule has 44 heavy (non-hydrogen) atoms. The first-order valence-electron chi connectivity index (χ1n) is 15.7. The largest absolute Gasteiger partial charge is 0.494 e. The van der Waals surface area contributed by atoms with Crippen LogP contribution in [0.1, 0.15) is 27.7 Å². The van der Waals surface area contributed by atoms with E-state index in [1.807, 2.05) is 18.2 Å². The van der Waals surface area contributed by atoms with E-state index in [1.54, 1.807) is 0 Å². The van der Waals surface area contributed by atoms with Gasteiger partial charge in [0.15, 0.2) is 0 Å². The Morgan fingerprint density at radius 2 is 1.09 bits per heavy atom. The minimum atomic E-state index is -0.373. The first-order chi connectivity index (χ1) is 21.0. The van der Waals surface area contributed by atoms with Crippen LogP contribution < -0.4 is 15.3 Å². The average molecular weight is 710 g/mol. The highest BCUT2D eigenvalue weighted by Gasteiger charge is 2.51. The molecule has 8 nitrogen and oxygen atoms in total. The maximum absolute atomic E-state index is 6.63. The Hall–Kier alpha value is -1.08. The summed E-state index contributed by atoms with van der Waals surface area (Å²) in [5, 5.41) is 1.59. The minimum absolute atomic E-state index is 0.343. The van der Waals surface area contributed by atoms with E-state index < -0.39 is 0 Å². The van der Waals surface area contributed by atoms with Crippen LogP contribution in [0, 0.1) is 0 Å². The van der Waals surface area contributed by atoms with Gasteiger partial charge < -0.3 is 28.6 Å². The summed E-state index contributed by atoms with van der Waals surface area (Å²) < 4.78 is 23.9. The van der Waals surface area contributed by atoms with E-state index in [0.717, 1.165) is 110 Å². The van der Waals surface area contributed by atoms with Crippen LogP contribution in [0.4, 0.5) is 11.4 Å². The fourth-order valence-corrected chi connectivity index (χ4v) is 7.27. The molecule has 0 amide bonds. The number of hydrogen-bond donors (Lipinski definition) is 0. The molecule has 0 N–H and O–H groups in total. The third kappa shape index (κ3) is 7.09. The lowest BCUT2D eigenvalue weighted by Gasteiger charge is -2.43. The number of benzene rings is 2. The smallest absolute Gasteiger partial charge is 0.399 e. The summed E-state index contributed by atoms with van der Waals surface area (Å²) >= 11 is 16.4. The highest BCUT2D eigenvalue weighted by atomic mass is 79.9. The molecule has 2 aromatic carbocycles. The normalized spacial score (nSPS) is 24.5. The van der Waals surface area contributed by atoms with Crippen molar-refractivity contribution in [2.75, 3.05) is 88.6 Å². The monoisotopic (exact) mass is 708 g/mol. The second kappa shape index (κ2) is 13.6. The molecule has 5 aliphatic rings. The summed E-state index contributed by atoms with van der Waals surface area (Å²) in [7, 11) is -0.373. The molecule has 0 radical (unpaired) electrons. The molecule has 0 atom stereocenters. The van der Waals surface area contributed by atoms with Crippen LogP contribution in [0.3, 0.4) is 0 Å². The lowest BCUT2D eigenvalue weighted by atomic mass is 9.79. The molecule has 0 aliphatic carbocycles. The molecule has 0 spiro atoms. The van der Waals surface area contributed by atoms with Crippen molar-refractivity contribution in [1.82, 2.24) is 9.80 Å². The Labute approximate surface area is 281 Å². The van der Waals surface area contributed by atoms with Crippen LogP contribution in [-0.2, 0) is 18.8 Å². The molecular formula is C32H44BBrCl2N4O4. The van der Waals surface area contributed by atoms with Crippen molar-refractivity contribution in [2.45, 2.75) is 51.0 Å². The van der Waals surface area contributed by atoms with E-state index in [0.29, 0.717) is 12.1 Å². The number of rotatable bonds is 5. The lowest BCUT2D eigenvalue weighted by molar-refractivity contribution is -0.0660. The van der Waals surface area contributed by atoms with E-state index in [4.69, 9.17) is 42.0 Å². The van der Waals surface area contributed by atoms with Gasteiger partial charge in [-0.05, 0) is 63.5 Å². The van der Waals surface area contributed by atoms with Gasteiger partial charge in [0.1, 0.15) is 0 Å². The van der Waals surface area contributed by atoms with Crippen molar-refractivity contribution in [1.29, 1.82) is 0 Å². The van der Waals surface area contributed by atoms with Gasteiger partial charge in [0.25, 0.3) is 0 Å². The van der Waals surface area contributed by atoms with Gasteiger partial charge in [0, 0.05) is 56.8 Å². The Bertz CT molecular complexity index is 1280. The van der Waals surface area contributed by atoms with Crippen molar-refractivity contribution >= 4 is 63.1 Å². The van der Waals surface area contributed by atoms with Crippen molar-refractivity contribution < 1.29 is 18.8 Å². The van der Waals surface area contributed by atoms with Crippen LogP contribution >= 0.6 is 39.1 Å². The summed E-state index contributed by atoms with van der Waals surface area (Å²) in [6.45, 7) is 20.2. The number of ether oxygens (including phenoxy) is 2. The first-order valence-corrected chi connectivity index (χ1v) is 17.3. The van der Waals surface area contributed by atoms with Crippen molar-refractivity contribution in [3.05, 3.63) is 50.9 Å². The van der Waals surface area contributed by atoms with Gasteiger partial charge in [-0.3, -0.25) is 9.80 Å². The zero-order valence-electron chi connectivity index (χ0n) is 26.2. The van der Waals surface area contributed by atoms with Crippen molar-refractivity contribution in [2.24, 2.45) is 0 Å². The molecule has 5 fully saturated rings. The maximum Gasteiger partial charge on any atom is 0.494 e. The van der Waals surface area contributed by atoms with Crippen LogP contribution in [0.5, 0.6) is 0 Å². The Morgan fingerprint density at radius 1 is 0.659 bits per heavy atom. The molecule has 5 heterocycles. The highest BCUT2D eigenvalue weighted by molar-refractivity contribution is 9.10. The maximum atomic E-state index is 6.63. The molecule has 0 saturated carbocycles. The quantitative estimate of drug-likeness (QED) is 0.412. The van der Waals surface area contributed by atoms with Gasteiger partial charge in [-0.1, -0.05) is 45.2 Å². The van der Waals surface area contributed by atoms with E-state index >= 15 is 0 Å². The van der Waals surface area contributed by atoms with E-state index in [9.17, 15) is 0 Å². The van der Waals surface area contributed by atoms with Crippen LogP contribution in [0.15, 0.2) is 40.9 Å². The van der Waals surface area contributed by atoms with Crippen LogP contribution in [-0.4, -0.2) is 119 Å². The molecule has 5 saturated heterocycles. The molecule has 240 valence electrons. The van der Waals surface area contributed by atoms with Crippen LogP contribution in [0.25, 0.3) is 0 Å². The minimum Gasteiger partial charge on any atom is -0.399 e. The zero-order chi connectivity index (χ0) is 31.1. The predicted molar refractivity (Wildman–Crippen MR) is 183 cm³/mol. The molecule has 7 rings (SSSR count). The molecule has 0 unspecified atom stereocenters. The van der Waals surface area contributed by atoms with Gasteiger partial charge in [0.05, 0.1) is 71.1 Å². The zero-order valence-corrected chi connectivity index (χ0v) is 29.3. The number of anilines is 2. The molecule has 12 heteroatoms. The van der Waals surface area contributed by atoms with E-state index in [1.165, 1.54) is 0 Å². The molecular weight excluding hydrogens is 666 g/mol. The third-order valence-electron chi connectivity index (χ3n) is 9.99. The number of piperazine rings is 2. The van der Waals surface area contributed by atoms with Crippen molar-refractivity contribution in [3.63, 3.8) is 0 Å². The molecule has 0 aromatic heterocycles. The summed E-state index contributed by atoms with van der Waals surface area (Å²) in [6.07, 6.45) is 0. The average Bonchev–Trinajstić information content (AvgIpc) is 3.15. The second-order valence-corrected chi connectivity index (χ2v) is 15.1. The Balaban J connectivity index is 0.000000167. The van der Waals surface area contributed by atoms with Gasteiger partial charge in [-0.25, -0.2) is 0 Å². The van der Waals surface area contributed by atoms with Gasteiger partial charge in [-0.15, -0.1) is 0 Å². The van der Waals surface area contributed by atoms with E-state index in [-0.39, 0.29) is 18.3 Å². The van der Waals surface area contributed by atoms with Gasteiger partial charge in [0.2, 0.25) is 0 Å². The SMILES string of the molecule is CC1(C)OB(c2ccc(N3CCN(C4COC4)CC3)c(Cl)c2)OC1(C)C.Clc1cc(Br)ccc1N1CCN(C2COC2)CC1. The molecule has 0 bridgehead atoms. The van der Waals surface area contributed by atoms with Crippen molar-refractivity contribution in [3.8, 4) is 0 Å². The van der Waals surface area contributed by atoms with Gasteiger partial charge >= 0.3 is 7.12 Å². The standard InChI is InChI=1S/C19H28BClN2O3.C13H16BrClN2O/c1-18(2)19(3,4)26-20(25-18)14-5-6-17(16(21)11-14)23-9-7-22(8-10-23)15-12-24-13-15;14-10-1-2-13(12(15)7-10)17-5-3-16(4-6-17)11-8-18-9-11/h5-6,11,15H,7-10,12-13H2,1-4H3;1-2,7,11H,3-6,8-9H2. The van der Waals surface area contributed by atoms with Gasteiger partial charge in [-0.2, -0.15) is 0 Å². The van der Waals surface area contributed by atoms with E-state index in [2.05, 4.69) is 81.4 Å². The fraction of sp³-hybridized carbons (Fsp3) is 0.625. The number of nitrogens with zero attached hydrogens (tertiary/aromatic N) is 4. The topological polar surface area (TPSA) is 49.9 Å². The number of hydrogen-bond acceptors (Lipinski definition) is 8. The molecule has 2 aromatic rings. The number of halogens is 3. The second-order valence-electron chi connectivity index (χ2n) is 13.3. The molecule has 5 aliphatic heterocycles. The summed E-state index contributed by atoms with van der Waals surface area (Å²) in [6, 6.07) is 13.5. The summed E-state index contributed by atoms with van der Waals surface area (Å²) in [5.41, 5.74) is 2.53. The first kappa shape index (κ1) is 32.8. The fourth-order valence-electron chi connectivity index (χ4n) is 6.17. The lowest BCUT2D eigenvalue weighted by Crippen LogP contribution is -2.56.